The van der Waals surface area contributed by atoms with Gasteiger partial charge in [0.15, 0.2) is 0 Å². The number of nitrogens with zero attached hydrogens (tertiary/aromatic N) is 1. The molecule has 0 saturated heterocycles. The van der Waals surface area contributed by atoms with Crippen molar-refractivity contribution < 1.29 is 9.66 Å². The Kier molecular flexibility index (Phi) is 2.58. The molecule has 2 bridgehead atoms. The molecular weight excluding hydrogens is 230 g/mol. The molecule has 4 nitrogen and oxygen atoms in total. The van der Waals surface area contributed by atoms with Gasteiger partial charge in [-0.25, -0.2) is 0 Å². The molecule has 2 aliphatic rings. The van der Waals surface area contributed by atoms with Crippen LogP contribution < -0.4 is 4.74 Å². The van der Waals surface area contributed by atoms with Gasteiger partial charge >= 0.3 is 0 Å². The van der Waals surface area contributed by atoms with E-state index in [1.165, 1.54) is 0 Å². The Labute approximate surface area is 105 Å². The first-order valence-corrected chi connectivity index (χ1v) is 6.16. The van der Waals surface area contributed by atoms with E-state index in [9.17, 15) is 10.1 Å². The summed E-state index contributed by atoms with van der Waals surface area (Å²) >= 11 is 0. The van der Waals surface area contributed by atoms with Gasteiger partial charge < -0.3 is 4.74 Å². The van der Waals surface area contributed by atoms with E-state index in [1.807, 2.05) is 30.3 Å². The van der Waals surface area contributed by atoms with Crippen molar-refractivity contribution in [3.63, 3.8) is 0 Å². The van der Waals surface area contributed by atoms with Gasteiger partial charge in [-0.2, -0.15) is 0 Å². The van der Waals surface area contributed by atoms with Crippen molar-refractivity contribution in [2.45, 2.75) is 18.4 Å². The maximum Gasteiger partial charge on any atom is 0.226 e. The van der Waals surface area contributed by atoms with Gasteiger partial charge in [-0.05, 0) is 30.0 Å². The molecule has 1 aromatic carbocycles. The highest BCUT2D eigenvalue weighted by Crippen LogP contribution is 2.50. The van der Waals surface area contributed by atoms with E-state index < -0.39 is 6.04 Å². The second kappa shape index (κ2) is 4.12. The number of methoxy groups -OCH3 is 1. The van der Waals surface area contributed by atoms with Gasteiger partial charge in [-0.3, -0.25) is 10.1 Å². The van der Waals surface area contributed by atoms with Gasteiger partial charge in [0.05, 0.1) is 13.0 Å². The summed E-state index contributed by atoms with van der Waals surface area (Å²) in [5, 5.41) is 11.2. The average Bonchev–Trinajstić information content (AvgIpc) is 2.99. The predicted octanol–water partition coefficient (Wildman–Crippen LogP) is 2.63. The minimum Gasteiger partial charge on any atom is -0.497 e. The number of allylic oxidation sites excluding steroid dienone is 1. The summed E-state index contributed by atoms with van der Waals surface area (Å²) in [5.41, 5.74) is 1.05. The fourth-order valence-electron chi connectivity index (χ4n) is 3.35. The fraction of sp³-hybridized carbons (Fsp3) is 0.429. The quantitative estimate of drug-likeness (QED) is 0.467. The third-order valence-electron chi connectivity index (χ3n) is 4.16. The van der Waals surface area contributed by atoms with Crippen LogP contribution in [-0.2, 0) is 0 Å². The summed E-state index contributed by atoms with van der Waals surface area (Å²) in [6, 6.07) is 7.20. The standard InChI is InChI=1S/C14H15NO3/c1-18-12-6-4-9(5-7-12)13-10-2-3-11(8-10)14(13)15(16)17/h2-7,10-11,13-14H,8H2,1H3/t10?,11?,13-,14-/m0/s1. The molecule has 1 aromatic rings. The smallest absolute Gasteiger partial charge is 0.226 e. The highest BCUT2D eigenvalue weighted by Gasteiger charge is 2.52. The van der Waals surface area contributed by atoms with E-state index in [4.69, 9.17) is 4.74 Å². The summed E-state index contributed by atoms with van der Waals surface area (Å²) in [6.45, 7) is 0. The third kappa shape index (κ3) is 1.60. The SMILES string of the molecule is COc1ccc([C@H]2C3C=CC(C3)[C@@H]2[N+](=O)[O-])cc1. The van der Waals surface area contributed by atoms with Crippen LogP contribution >= 0.6 is 0 Å². The maximum absolute atomic E-state index is 11.2. The molecular formula is C14H15NO3. The molecule has 0 amide bonds. The van der Waals surface area contributed by atoms with E-state index >= 15 is 0 Å². The highest BCUT2D eigenvalue weighted by atomic mass is 16.6. The van der Waals surface area contributed by atoms with Crippen molar-refractivity contribution in [1.29, 1.82) is 0 Å². The molecule has 4 atom stereocenters. The number of nitro groups is 1. The van der Waals surface area contributed by atoms with Crippen LogP contribution in [0.1, 0.15) is 17.9 Å². The van der Waals surface area contributed by atoms with Crippen LogP contribution in [0.25, 0.3) is 0 Å². The molecule has 18 heavy (non-hydrogen) atoms. The number of hydrogen-bond acceptors (Lipinski definition) is 3. The Morgan fingerprint density at radius 1 is 1.22 bits per heavy atom. The Balaban J connectivity index is 1.94. The Bertz CT molecular complexity index is 494. The van der Waals surface area contributed by atoms with Crippen LogP contribution in [0, 0.1) is 22.0 Å². The van der Waals surface area contributed by atoms with E-state index in [-0.39, 0.29) is 16.8 Å². The van der Waals surface area contributed by atoms with Gasteiger partial charge in [-0.15, -0.1) is 0 Å². The highest BCUT2D eigenvalue weighted by molar-refractivity contribution is 5.34. The van der Waals surface area contributed by atoms with Gasteiger partial charge in [0, 0.05) is 10.8 Å². The largest absolute Gasteiger partial charge is 0.497 e. The normalized spacial score (nSPS) is 32.7. The van der Waals surface area contributed by atoms with Crippen molar-refractivity contribution in [3.8, 4) is 5.75 Å². The van der Waals surface area contributed by atoms with Crippen molar-refractivity contribution in [2.75, 3.05) is 7.11 Å². The molecule has 2 aliphatic carbocycles. The average molecular weight is 245 g/mol. The number of fused-ring (bicyclic) bond motifs is 2. The zero-order valence-corrected chi connectivity index (χ0v) is 10.2. The summed E-state index contributed by atoms with van der Waals surface area (Å²) in [7, 11) is 1.62. The van der Waals surface area contributed by atoms with Crippen LogP contribution in [0.3, 0.4) is 0 Å². The summed E-state index contributed by atoms with van der Waals surface area (Å²) in [5.74, 6) is 1.23. The van der Waals surface area contributed by atoms with Crippen LogP contribution in [-0.4, -0.2) is 18.1 Å². The first-order valence-electron chi connectivity index (χ1n) is 6.16. The lowest BCUT2D eigenvalue weighted by Gasteiger charge is -2.22. The first kappa shape index (κ1) is 11.3. The summed E-state index contributed by atoms with van der Waals surface area (Å²) in [4.78, 5) is 11.1. The predicted molar refractivity (Wildman–Crippen MR) is 67.3 cm³/mol. The number of ether oxygens (including phenoxy) is 1. The monoisotopic (exact) mass is 245 g/mol. The molecule has 94 valence electrons. The van der Waals surface area contributed by atoms with Crippen molar-refractivity contribution >= 4 is 0 Å². The Hall–Kier alpha value is -1.84. The van der Waals surface area contributed by atoms with E-state index in [2.05, 4.69) is 6.08 Å². The van der Waals surface area contributed by atoms with Crippen LogP contribution in [0.5, 0.6) is 5.75 Å². The first-order chi connectivity index (χ1) is 8.70. The number of rotatable bonds is 3. The fourth-order valence-corrected chi connectivity index (χ4v) is 3.35. The molecule has 0 aromatic heterocycles. The zero-order chi connectivity index (χ0) is 12.7. The topological polar surface area (TPSA) is 52.4 Å². The molecule has 0 radical (unpaired) electrons. The van der Waals surface area contributed by atoms with Crippen LogP contribution in [0.15, 0.2) is 36.4 Å². The lowest BCUT2D eigenvalue weighted by Crippen LogP contribution is -2.31. The molecule has 3 rings (SSSR count). The van der Waals surface area contributed by atoms with Gasteiger partial charge in [0.25, 0.3) is 0 Å². The molecule has 0 spiro atoms. The molecule has 0 N–H and O–H groups in total. The molecule has 1 fully saturated rings. The van der Waals surface area contributed by atoms with Gasteiger partial charge in [0.2, 0.25) is 6.04 Å². The zero-order valence-electron chi connectivity index (χ0n) is 10.2. The van der Waals surface area contributed by atoms with Crippen LogP contribution in [0.2, 0.25) is 0 Å². The molecule has 4 heteroatoms. The van der Waals surface area contributed by atoms with Crippen molar-refractivity contribution in [1.82, 2.24) is 0 Å². The Morgan fingerprint density at radius 3 is 2.50 bits per heavy atom. The minimum atomic E-state index is -0.464. The third-order valence-corrected chi connectivity index (χ3v) is 4.16. The maximum atomic E-state index is 11.2. The second-order valence-corrected chi connectivity index (χ2v) is 5.02. The lowest BCUT2D eigenvalue weighted by atomic mass is 9.83. The van der Waals surface area contributed by atoms with Gasteiger partial charge in [0.1, 0.15) is 5.75 Å². The Morgan fingerprint density at radius 2 is 1.89 bits per heavy atom. The molecule has 1 saturated carbocycles. The molecule has 0 heterocycles. The lowest BCUT2D eigenvalue weighted by molar-refractivity contribution is -0.530. The number of hydrogen-bond donors (Lipinski definition) is 0. The molecule has 2 unspecified atom stereocenters. The second-order valence-electron chi connectivity index (χ2n) is 5.02. The van der Waals surface area contributed by atoms with E-state index in [0.717, 1.165) is 17.7 Å². The van der Waals surface area contributed by atoms with Crippen molar-refractivity contribution in [2.24, 2.45) is 11.8 Å². The van der Waals surface area contributed by atoms with E-state index in [1.54, 1.807) is 7.11 Å². The van der Waals surface area contributed by atoms with Crippen LogP contribution in [0.4, 0.5) is 0 Å². The summed E-state index contributed by atoms with van der Waals surface area (Å²) < 4.78 is 5.12. The number of benzene rings is 1. The molecule has 0 aliphatic heterocycles. The van der Waals surface area contributed by atoms with Crippen molar-refractivity contribution in [3.05, 3.63) is 52.1 Å². The van der Waals surface area contributed by atoms with E-state index in [0.29, 0.717) is 5.92 Å². The van der Waals surface area contributed by atoms with Gasteiger partial charge in [-0.1, -0.05) is 24.3 Å². The summed E-state index contributed by atoms with van der Waals surface area (Å²) in [6.07, 6.45) is 5.07. The minimum absolute atomic E-state index is 0.0147.